The number of hydrogen-bond acceptors (Lipinski definition) is 7. The molecule has 5 atom stereocenters. The summed E-state index contributed by atoms with van der Waals surface area (Å²) in [5.41, 5.74) is 3.64. The van der Waals surface area contributed by atoms with Gasteiger partial charge in [0.05, 0.1) is 12.0 Å². The van der Waals surface area contributed by atoms with Gasteiger partial charge in [0.2, 0.25) is 0 Å². The molecule has 4 aliphatic rings. The summed E-state index contributed by atoms with van der Waals surface area (Å²) in [5, 5.41) is 9.33. The molecule has 1 N–H and O–H groups in total. The maximum atomic E-state index is 11.3. The number of carbonyl (C=O) groups is 2. The van der Waals surface area contributed by atoms with E-state index in [9.17, 15) is 14.7 Å². The van der Waals surface area contributed by atoms with Gasteiger partial charge in [-0.2, -0.15) is 0 Å². The van der Waals surface area contributed by atoms with Crippen LogP contribution in [0.2, 0.25) is 0 Å². The molecule has 6 rings (SSSR count). The molecule has 0 aromatic heterocycles. The number of ether oxygens (including phenoxy) is 4. The van der Waals surface area contributed by atoms with Crippen molar-refractivity contribution < 1.29 is 33.6 Å². The van der Waals surface area contributed by atoms with Gasteiger partial charge in [-0.05, 0) is 74.6 Å². The zero-order chi connectivity index (χ0) is 29.0. The van der Waals surface area contributed by atoms with Crippen LogP contribution < -0.4 is 4.74 Å². The molecule has 7 heteroatoms. The van der Waals surface area contributed by atoms with E-state index in [-0.39, 0.29) is 47.5 Å². The Morgan fingerprint density at radius 2 is 1.82 bits per heavy atom. The van der Waals surface area contributed by atoms with Crippen molar-refractivity contribution in [2.75, 3.05) is 0 Å². The molecule has 1 aliphatic carbocycles. The average molecular weight is 549 g/mol. The molecule has 3 fully saturated rings. The third kappa shape index (κ3) is 7.13. The van der Waals surface area contributed by atoms with E-state index in [1.54, 1.807) is 19.1 Å². The second-order valence-electron chi connectivity index (χ2n) is 11.4. The van der Waals surface area contributed by atoms with E-state index < -0.39 is 0 Å². The highest BCUT2D eigenvalue weighted by molar-refractivity contribution is 5.87. The molecule has 0 radical (unpaired) electrons. The molecule has 7 nitrogen and oxygen atoms in total. The summed E-state index contributed by atoms with van der Waals surface area (Å²) >= 11 is 0. The van der Waals surface area contributed by atoms with Gasteiger partial charge in [0.15, 0.2) is 0 Å². The van der Waals surface area contributed by atoms with E-state index in [1.807, 2.05) is 36.4 Å². The molecule has 40 heavy (non-hydrogen) atoms. The van der Waals surface area contributed by atoms with Crippen LogP contribution in [0, 0.1) is 5.92 Å². The number of rotatable bonds is 6. The fourth-order valence-corrected chi connectivity index (χ4v) is 5.23. The minimum atomic E-state index is -0.345. The fourth-order valence-electron chi connectivity index (χ4n) is 5.23. The molecular weight excluding hydrogens is 508 g/mol. The Kier molecular flexibility index (Phi) is 9.04. The Labute approximate surface area is 236 Å². The first-order valence-electron chi connectivity index (χ1n) is 13.9. The summed E-state index contributed by atoms with van der Waals surface area (Å²) in [7, 11) is 0. The van der Waals surface area contributed by atoms with Crippen LogP contribution in [0.4, 0.5) is 0 Å². The van der Waals surface area contributed by atoms with E-state index in [0.717, 1.165) is 41.7 Å². The smallest absolute Gasteiger partial charge is 0.333 e. The molecule has 3 saturated heterocycles. The summed E-state index contributed by atoms with van der Waals surface area (Å²) in [4.78, 5) is 22.3. The topological polar surface area (TPSA) is 91.3 Å². The van der Waals surface area contributed by atoms with Crippen LogP contribution in [0.3, 0.4) is 0 Å². The van der Waals surface area contributed by atoms with Gasteiger partial charge < -0.3 is 24.1 Å². The number of hydrogen-bond donors (Lipinski definition) is 1. The Hall–Kier alpha value is -3.58. The number of phenols is 1. The Bertz CT molecular complexity index is 1240. The van der Waals surface area contributed by atoms with Crippen LogP contribution in [0.1, 0.15) is 63.6 Å². The maximum Gasteiger partial charge on any atom is 0.333 e. The van der Waals surface area contributed by atoms with Crippen LogP contribution in [-0.2, 0) is 36.6 Å². The summed E-state index contributed by atoms with van der Waals surface area (Å²) < 4.78 is 21.7. The number of carbonyl (C=O) groups excluding carboxylic acids is 2. The highest BCUT2D eigenvalue weighted by atomic mass is 16.6. The Balaban J connectivity index is 0.000000142. The molecule has 2 aromatic rings. The van der Waals surface area contributed by atoms with Crippen LogP contribution >= 0.6 is 0 Å². The molecule has 3 aliphatic heterocycles. The van der Waals surface area contributed by atoms with Crippen molar-refractivity contribution in [3.05, 3.63) is 77.9 Å². The lowest BCUT2D eigenvalue weighted by atomic mass is 9.90. The lowest BCUT2D eigenvalue weighted by Crippen LogP contribution is -2.26. The van der Waals surface area contributed by atoms with Gasteiger partial charge in [-0.15, -0.1) is 0 Å². The molecule has 5 unspecified atom stereocenters. The number of benzene rings is 2. The van der Waals surface area contributed by atoms with Crippen LogP contribution in [0.5, 0.6) is 11.5 Å². The number of fused-ring (bicyclic) bond motifs is 2. The highest BCUT2D eigenvalue weighted by Crippen LogP contribution is 2.45. The molecular formula is C33H40O7. The zero-order valence-corrected chi connectivity index (χ0v) is 23.9. The van der Waals surface area contributed by atoms with Gasteiger partial charge in [0.25, 0.3) is 0 Å². The summed E-state index contributed by atoms with van der Waals surface area (Å²) in [6, 6.07) is 13.2. The molecule has 0 spiro atoms. The predicted molar refractivity (Wildman–Crippen MR) is 153 cm³/mol. The number of phenolic OH excluding ortho intramolecular Hbond substituents is 1. The van der Waals surface area contributed by atoms with E-state index in [0.29, 0.717) is 24.5 Å². The largest absolute Gasteiger partial charge is 0.508 e. The molecule has 214 valence electrons. The second kappa shape index (κ2) is 12.3. The summed E-state index contributed by atoms with van der Waals surface area (Å²) in [6.45, 7) is 15.2. The highest BCUT2D eigenvalue weighted by Gasteiger charge is 2.58. The maximum absolute atomic E-state index is 11.3. The summed E-state index contributed by atoms with van der Waals surface area (Å²) in [5.74, 6) is 0.883. The van der Waals surface area contributed by atoms with Crippen LogP contribution in [0.15, 0.2) is 61.2 Å². The van der Waals surface area contributed by atoms with E-state index in [1.165, 1.54) is 0 Å². The summed E-state index contributed by atoms with van der Waals surface area (Å²) in [6.07, 6.45) is 6.48. The lowest BCUT2D eigenvalue weighted by Gasteiger charge is -2.24. The SMILES string of the molecule is C=C(C)C(=O)OC1Cc2ccc(O)cc2C1.C=Cc1ccc(OC(C)(C)CC)cc1.O=C1OC2CC3CC1C2O3. The minimum Gasteiger partial charge on any atom is -0.508 e. The molecule has 0 saturated carbocycles. The van der Waals surface area contributed by atoms with Gasteiger partial charge >= 0.3 is 11.9 Å². The van der Waals surface area contributed by atoms with Gasteiger partial charge in [0.1, 0.15) is 35.4 Å². The Morgan fingerprint density at radius 3 is 2.40 bits per heavy atom. The molecule has 2 aromatic carbocycles. The van der Waals surface area contributed by atoms with Crippen molar-refractivity contribution in [1.82, 2.24) is 0 Å². The van der Waals surface area contributed by atoms with E-state index in [2.05, 4.69) is 33.9 Å². The normalized spacial score (nSPS) is 25.0. The predicted octanol–water partition coefficient (Wildman–Crippen LogP) is 5.96. The van der Waals surface area contributed by atoms with Crippen molar-refractivity contribution in [2.45, 2.75) is 89.8 Å². The Morgan fingerprint density at radius 1 is 1.12 bits per heavy atom. The zero-order valence-electron chi connectivity index (χ0n) is 23.9. The molecule has 0 amide bonds. The molecule has 3 heterocycles. The van der Waals surface area contributed by atoms with Gasteiger partial charge in [-0.1, -0.05) is 44.4 Å². The van der Waals surface area contributed by atoms with Crippen molar-refractivity contribution >= 4 is 18.0 Å². The molecule has 2 bridgehead atoms. The lowest BCUT2D eigenvalue weighted by molar-refractivity contribution is -0.144. The van der Waals surface area contributed by atoms with Crippen LogP contribution in [-0.4, -0.2) is 47.1 Å². The first-order chi connectivity index (χ1) is 19.0. The van der Waals surface area contributed by atoms with Crippen molar-refractivity contribution in [3.8, 4) is 11.5 Å². The third-order valence-electron chi connectivity index (χ3n) is 7.76. The standard InChI is InChI=1S/C13H14O3.C13H18O.C7H8O3/c1-8(2)13(15)16-12-6-9-3-4-11(14)5-10(9)7-12;1-5-11-7-9-12(10-8-11)14-13(3,4)6-2;8-7-4-1-3-2-5(10-7)6(4)9-3/h3-5,12,14H,1,6-7H2,2H3;5,7-10H,1,6H2,2-4H3;3-6H,1-2H2. The fraction of sp³-hybridized carbons (Fsp3) is 0.455. The van der Waals surface area contributed by atoms with Crippen LogP contribution in [0.25, 0.3) is 6.08 Å². The number of aromatic hydroxyl groups is 1. The van der Waals surface area contributed by atoms with E-state index >= 15 is 0 Å². The third-order valence-corrected chi connectivity index (χ3v) is 7.76. The minimum absolute atomic E-state index is 0.0324. The van der Waals surface area contributed by atoms with Crippen molar-refractivity contribution in [2.24, 2.45) is 5.92 Å². The monoisotopic (exact) mass is 548 g/mol. The first kappa shape index (κ1) is 29.4. The van der Waals surface area contributed by atoms with E-state index in [4.69, 9.17) is 18.9 Å². The van der Waals surface area contributed by atoms with Gasteiger partial charge in [-0.3, -0.25) is 4.79 Å². The van der Waals surface area contributed by atoms with Crippen molar-refractivity contribution in [3.63, 3.8) is 0 Å². The van der Waals surface area contributed by atoms with Gasteiger partial charge in [0, 0.05) is 24.8 Å². The average Bonchev–Trinajstić information content (AvgIpc) is 3.65. The quantitative estimate of drug-likeness (QED) is 0.352. The first-order valence-corrected chi connectivity index (χ1v) is 13.9. The second-order valence-corrected chi connectivity index (χ2v) is 11.4. The van der Waals surface area contributed by atoms with Gasteiger partial charge in [-0.25, -0.2) is 4.79 Å². The number of esters is 2. The van der Waals surface area contributed by atoms with Crippen molar-refractivity contribution in [1.29, 1.82) is 0 Å².